The third kappa shape index (κ3) is 4.89. The molecule has 7 heteroatoms. The molecule has 0 spiro atoms. The SMILES string of the molecule is Cc1oc(-c2cccc(Cl)c2)nc1CN1CCN(C(=O)Cc2ccc(F)cc2)CC1. The molecule has 0 radical (unpaired) electrons. The standard InChI is InChI=1S/C23H23ClFN3O2/c1-16-21(26-23(30-16)18-3-2-4-19(24)14-18)15-27-9-11-28(12-10-27)22(29)13-17-5-7-20(25)8-6-17/h2-8,14H,9-13,15H2,1H3. The lowest BCUT2D eigenvalue weighted by atomic mass is 10.1. The highest BCUT2D eigenvalue weighted by Crippen LogP contribution is 2.25. The van der Waals surface area contributed by atoms with Gasteiger partial charge in [0, 0.05) is 43.3 Å². The van der Waals surface area contributed by atoms with Crippen molar-refractivity contribution < 1.29 is 13.6 Å². The minimum absolute atomic E-state index is 0.0714. The van der Waals surface area contributed by atoms with Crippen LogP contribution in [0.3, 0.4) is 0 Å². The first-order valence-corrected chi connectivity index (χ1v) is 10.3. The van der Waals surface area contributed by atoms with Gasteiger partial charge >= 0.3 is 0 Å². The zero-order valence-corrected chi connectivity index (χ0v) is 17.5. The van der Waals surface area contributed by atoms with Crippen molar-refractivity contribution in [1.29, 1.82) is 0 Å². The van der Waals surface area contributed by atoms with Gasteiger partial charge in [-0.15, -0.1) is 0 Å². The monoisotopic (exact) mass is 427 g/mol. The molecule has 0 atom stereocenters. The molecular formula is C23H23ClFN3O2. The van der Waals surface area contributed by atoms with Gasteiger partial charge < -0.3 is 9.32 Å². The fourth-order valence-corrected chi connectivity index (χ4v) is 3.77. The molecule has 1 aromatic heterocycles. The Morgan fingerprint density at radius 3 is 2.57 bits per heavy atom. The van der Waals surface area contributed by atoms with E-state index in [0.717, 1.165) is 35.7 Å². The van der Waals surface area contributed by atoms with E-state index in [1.54, 1.807) is 12.1 Å². The second kappa shape index (κ2) is 8.98. The van der Waals surface area contributed by atoms with Gasteiger partial charge in [-0.25, -0.2) is 9.37 Å². The van der Waals surface area contributed by atoms with E-state index >= 15 is 0 Å². The average Bonchev–Trinajstić information content (AvgIpc) is 3.10. The summed E-state index contributed by atoms with van der Waals surface area (Å²) in [6.45, 7) is 5.47. The van der Waals surface area contributed by atoms with Crippen LogP contribution in [0, 0.1) is 12.7 Å². The first-order valence-electron chi connectivity index (χ1n) is 9.95. The number of aryl methyl sites for hydroxylation is 1. The fourth-order valence-electron chi connectivity index (χ4n) is 3.58. The van der Waals surface area contributed by atoms with E-state index in [4.69, 9.17) is 16.0 Å². The fraction of sp³-hybridized carbons (Fsp3) is 0.304. The number of oxazole rings is 1. The minimum atomic E-state index is -0.290. The van der Waals surface area contributed by atoms with Gasteiger partial charge in [0.05, 0.1) is 12.1 Å². The molecule has 2 aromatic carbocycles. The normalized spacial score (nSPS) is 14.8. The predicted octanol–water partition coefficient (Wildman–Crippen LogP) is 4.33. The Kier molecular flexibility index (Phi) is 6.16. The summed E-state index contributed by atoms with van der Waals surface area (Å²) in [6, 6.07) is 13.5. The highest BCUT2D eigenvalue weighted by Gasteiger charge is 2.23. The molecule has 1 aliphatic rings. The number of aromatic nitrogens is 1. The molecule has 156 valence electrons. The van der Waals surface area contributed by atoms with Gasteiger partial charge in [0.15, 0.2) is 0 Å². The summed E-state index contributed by atoms with van der Waals surface area (Å²) < 4.78 is 18.9. The number of hydrogen-bond acceptors (Lipinski definition) is 4. The molecule has 0 unspecified atom stereocenters. The van der Waals surface area contributed by atoms with Gasteiger partial charge in [-0.05, 0) is 42.8 Å². The molecule has 0 saturated carbocycles. The summed E-state index contributed by atoms with van der Waals surface area (Å²) in [5.74, 6) is 1.14. The van der Waals surface area contributed by atoms with Crippen molar-refractivity contribution in [1.82, 2.24) is 14.8 Å². The highest BCUT2D eigenvalue weighted by atomic mass is 35.5. The van der Waals surface area contributed by atoms with Crippen LogP contribution in [-0.4, -0.2) is 46.9 Å². The summed E-state index contributed by atoms with van der Waals surface area (Å²) in [5, 5.41) is 0.645. The summed E-state index contributed by atoms with van der Waals surface area (Å²) in [6.07, 6.45) is 0.297. The third-order valence-corrected chi connectivity index (χ3v) is 5.57. The average molecular weight is 428 g/mol. The van der Waals surface area contributed by atoms with Crippen LogP contribution in [0.5, 0.6) is 0 Å². The highest BCUT2D eigenvalue weighted by molar-refractivity contribution is 6.30. The van der Waals surface area contributed by atoms with E-state index in [9.17, 15) is 9.18 Å². The van der Waals surface area contributed by atoms with E-state index < -0.39 is 0 Å². The summed E-state index contributed by atoms with van der Waals surface area (Å²) in [7, 11) is 0. The Morgan fingerprint density at radius 2 is 1.87 bits per heavy atom. The number of benzene rings is 2. The summed E-state index contributed by atoms with van der Waals surface area (Å²) in [5.41, 5.74) is 2.58. The lowest BCUT2D eigenvalue weighted by molar-refractivity contribution is -0.132. The molecule has 30 heavy (non-hydrogen) atoms. The molecule has 5 nitrogen and oxygen atoms in total. The van der Waals surface area contributed by atoms with Gasteiger partial charge in [0.25, 0.3) is 0 Å². The van der Waals surface area contributed by atoms with E-state index in [2.05, 4.69) is 9.88 Å². The van der Waals surface area contributed by atoms with Crippen molar-refractivity contribution in [2.24, 2.45) is 0 Å². The van der Waals surface area contributed by atoms with Crippen LogP contribution >= 0.6 is 11.6 Å². The number of halogens is 2. The maximum atomic E-state index is 13.0. The number of carbonyl (C=O) groups is 1. The number of nitrogens with zero attached hydrogens (tertiary/aromatic N) is 3. The van der Waals surface area contributed by atoms with Crippen LogP contribution in [0.1, 0.15) is 17.0 Å². The van der Waals surface area contributed by atoms with Crippen LogP contribution in [0.15, 0.2) is 52.9 Å². The van der Waals surface area contributed by atoms with E-state index in [1.807, 2.05) is 36.1 Å². The van der Waals surface area contributed by atoms with Gasteiger partial charge in [-0.1, -0.05) is 29.8 Å². The van der Waals surface area contributed by atoms with Crippen LogP contribution < -0.4 is 0 Å². The van der Waals surface area contributed by atoms with Gasteiger partial charge in [-0.3, -0.25) is 9.69 Å². The maximum absolute atomic E-state index is 13.0. The number of carbonyl (C=O) groups excluding carboxylic acids is 1. The Bertz CT molecular complexity index is 1030. The molecule has 1 aliphatic heterocycles. The molecule has 4 rings (SSSR count). The quantitative estimate of drug-likeness (QED) is 0.608. The lowest BCUT2D eigenvalue weighted by Crippen LogP contribution is -2.48. The number of rotatable bonds is 5. The Labute approximate surface area is 180 Å². The Hall–Kier alpha value is -2.70. The molecule has 0 N–H and O–H groups in total. The molecule has 0 bridgehead atoms. The van der Waals surface area contributed by atoms with Gasteiger partial charge in [-0.2, -0.15) is 0 Å². The number of piperazine rings is 1. The molecular weight excluding hydrogens is 405 g/mol. The Balaban J connectivity index is 1.32. The van der Waals surface area contributed by atoms with Crippen molar-refractivity contribution in [3.8, 4) is 11.5 Å². The van der Waals surface area contributed by atoms with E-state index in [0.29, 0.717) is 37.0 Å². The molecule has 1 amide bonds. The molecule has 3 aromatic rings. The predicted molar refractivity (Wildman–Crippen MR) is 114 cm³/mol. The van der Waals surface area contributed by atoms with Crippen LogP contribution in [0.4, 0.5) is 4.39 Å². The molecule has 0 aliphatic carbocycles. The lowest BCUT2D eigenvalue weighted by Gasteiger charge is -2.34. The molecule has 2 heterocycles. The summed E-state index contributed by atoms with van der Waals surface area (Å²) in [4.78, 5) is 21.3. The van der Waals surface area contributed by atoms with E-state index in [1.165, 1.54) is 12.1 Å². The maximum Gasteiger partial charge on any atom is 0.227 e. The first kappa shape index (κ1) is 20.6. The molecule has 1 saturated heterocycles. The van der Waals surface area contributed by atoms with E-state index in [-0.39, 0.29) is 11.7 Å². The van der Waals surface area contributed by atoms with Gasteiger partial charge in [0.2, 0.25) is 11.8 Å². The smallest absolute Gasteiger partial charge is 0.227 e. The second-order valence-electron chi connectivity index (χ2n) is 7.49. The van der Waals surface area contributed by atoms with Crippen molar-refractivity contribution in [2.45, 2.75) is 19.9 Å². The zero-order valence-electron chi connectivity index (χ0n) is 16.8. The minimum Gasteiger partial charge on any atom is -0.441 e. The first-order chi connectivity index (χ1) is 14.5. The largest absolute Gasteiger partial charge is 0.441 e. The number of amides is 1. The van der Waals surface area contributed by atoms with Crippen LogP contribution in [0.25, 0.3) is 11.5 Å². The zero-order chi connectivity index (χ0) is 21.1. The third-order valence-electron chi connectivity index (χ3n) is 5.33. The van der Waals surface area contributed by atoms with Crippen molar-refractivity contribution in [3.05, 3.63) is 76.4 Å². The summed E-state index contributed by atoms with van der Waals surface area (Å²) >= 11 is 6.07. The van der Waals surface area contributed by atoms with Crippen LogP contribution in [0.2, 0.25) is 5.02 Å². The topological polar surface area (TPSA) is 49.6 Å². The van der Waals surface area contributed by atoms with Crippen molar-refractivity contribution >= 4 is 17.5 Å². The number of hydrogen-bond donors (Lipinski definition) is 0. The van der Waals surface area contributed by atoms with Crippen molar-refractivity contribution in [2.75, 3.05) is 26.2 Å². The Morgan fingerprint density at radius 1 is 1.13 bits per heavy atom. The molecule has 1 fully saturated rings. The van der Waals surface area contributed by atoms with Gasteiger partial charge in [0.1, 0.15) is 11.6 Å². The van der Waals surface area contributed by atoms with Crippen LogP contribution in [-0.2, 0) is 17.8 Å². The van der Waals surface area contributed by atoms with Crippen molar-refractivity contribution in [3.63, 3.8) is 0 Å². The second-order valence-corrected chi connectivity index (χ2v) is 7.93.